The summed E-state index contributed by atoms with van der Waals surface area (Å²) in [5, 5.41) is 0.545. The van der Waals surface area contributed by atoms with Gasteiger partial charge in [0.15, 0.2) is 5.78 Å². The number of piperazine rings is 1. The summed E-state index contributed by atoms with van der Waals surface area (Å²) >= 11 is 6.08. The highest BCUT2D eigenvalue weighted by Crippen LogP contribution is 2.30. The van der Waals surface area contributed by atoms with E-state index in [1.165, 1.54) is 18.2 Å². The Morgan fingerprint density at radius 3 is 2.51 bits per heavy atom. The summed E-state index contributed by atoms with van der Waals surface area (Å²) in [5.41, 5.74) is 3.83. The molecule has 216 valence electrons. The van der Waals surface area contributed by atoms with E-state index in [1.807, 2.05) is 24.8 Å². The van der Waals surface area contributed by atoms with Crippen LogP contribution in [0.2, 0.25) is 5.02 Å². The van der Waals surface area contributed by atoms with Gasteiger partial charge in [-0.2, -0.15) is 0 Å². The van der Waals surface area contributed by atoms with E-state index in [0.29, 0.717) is 60.2 Å². The second-order valence-corrected chi connectivity index (χ2v) is 10.5. The lowest BCUT2D eigenvalue weighted by Crippen LogP contribution is -2.52. The molecule has 2 aromatic carbocycles. The number of nitrogens with zero attached hydrogens (tertiary/aromatic N) is 4. The molecule has 0 spiro atoms. The van der Waals surface area contributed by atoms with Gasteiger partial charge in [-0.05, 0) is 67.8 Å². The maximum Gasteiger partial charge on any atom is 0.573 e. The molecule has 0 unspecified atom stereocenters. The zero-order chi connectivity index (χ0) is 29.3. The third kappa shape index (κ3) is 6.43. The normalized spacial score (nSPS) is 15.9. The van der Waals surface area contributed by atoms with Crippen LogP contribution < -0.4 is 14.5 Å². The number of Topliss-reactive ketones (excluding diaryl/α,β-unsaturated/α-hetero) is 1. The van der Waals surface area contributed by atoms with E-state index < -0.39 is 6.36 Å². The van der Waals surface area contributed by atoms with Crippen molar-refractivity contribution >= 4 is 34.4 Å². The lowest BCUT2D eigenvalue weighted by atomic mass is 10.0. The van der Waals surface area contributed by atoms with Crippen molar-refractivity contribution in [3.05, 3.63) is 88.6 Å². The molecule has 0 bridgehead atoms. The van der Waals surface area contributed by atoms with E-state index in [9.17, 15) is 18.0 Å². The number of ketones is 1. The van der Waals surface area contributed by atoms with Crippen LogP contribution in [-0.2, 0) is 12.8 Å². The fourth-order valence-electron chi connectivity index (χ4n) is 5.35. The largest absolute Gasteiger partial charge is 0.573 e. The molecule has 0 aliphatic carbocycles. The van der Waals surface area contributed by atoms with Gasteiger partial charge in [-0.3, -0.25) is 9.20 Å². The lowest BCUT2D eigenvalue weighted by Gasteiger charge is -2.42. The number of halogens is 5. The number of aryl methyl sites for hydroxylation is 2. The molecule has 1 atom stereocenters. The van der Waals surface area contributed by atoms with Gasteiger partial charge in [-0.15, -0.1) is 13.2 Å². The van der Waals surface area contributed by atoms with Crippen LogP contribution in [0.4, 0.5) is 28.9 Å². The number of benzene rings is 2. The summed E-state index contributed by atoms with van der Waals surface area (Å²) in [4.78, 5) is 21.7. The number of aromatic nitrogens is 2. The molecule has 1 saturated heterocycles. The molecule has 0 saturated carbocycles. The monoisotopic (exact) mass is 588 g/mol. The van der Waals surface area contributed by atoms with E-state index in [0.717, 1.165) is 11.3 Å². The van der Waals surface area contributed by atoms with Crippen molar-refractivity contribution in [3.63, 3.8) is 0 Å². The average molecular weight is 589 g/mol. The third-order valence-corrected chi connectivity index (χ3v) is 7.52. The van der Waals surface area contributed by atoms with Crippen LogP contribution in [0.3, 0.4) is 0 Å². The van der Waals surface area contributed by atoms with Crippen LogP contribution in [0, 0.1) is 5.82 Å². The quantitative estimate of drug-likeness (QED) is 0.162. The highest BCUT2D eigenvalue weighted by atomic mass is 35.5. The van der Waals surface area contributed by atoms with E-state index >= 15 is 4.39 Å². The van der Waals surface area contributed by atoms with Crippen LogP contribution in [0.15, 0.2) is 60.8 Å². The average Bonchev–Trinajstić information content (AvgIpc) is 3.29. The SMILES string of the molecule is CCc1nc2cc(Cl)ccn2c1C(=O)CCc1ccc(N2CCN(c3ccc(OC(F)(F)F)cc3)[C@H](C)C2)c(F)c1. The van der Waals surface area contributed by atoms with Gasteiger partial charge in [-0.25, -0.2) is 9.37 Å². The Hall–Kier alpha value is -3.79. The van der Waals surface area contributed by atoms with E-state index in [4.69, 9.17) is 11.6 Å². The summed E-state index contributed by atoms with van der Waals surface area (Å²) in [5.74, 6) is -0.697. The van der Waals surface area contributed by atoms with Crippen molar-refractivity contribution in [2.45, 2.75) is 45.5 Å². The first-order valence-electron chi connectivity index (χ1n) is 13.4. The number of fused-ring (bicyclic) bond motifs is 1. The minimum absolute atomic E-state index is 0.0112. The summed E-state index contributed by atoms with van der Waals surface area (Å²) < 4.78 is 58.3. The maximum absolute atomic E-state index is 15.3. The second-order valence-electron chi connectivity index (χ2n) is 10.1. The summed E-state index contributed by atoms with van der Waals surface area (Å²) in [6, 6.07) is 14.3. The Bertz CT molecular complexity index is 1550. The molecule has 1 fully saturated rings. The zero-order valence-electron chi connectivity index (χ0n) is 22.6. The van der Waals surface area contributed by atoms with E-state index in [1.54, 1.807) is 40.9 Å². The van der Waals surface area contributed by atoms with Crippen molar-refractivity contribution < 1.29 is 27.1 Å². The molecule has 2 aromatic heterocycles. The van der Waals surface area contributed by atoms with Gasteiger partial charge < -0.3 is 14.5 Å². The Kier molecular flexibility index (Phi) is 8.13. The highest BCUT2D eigenvalue weighted by molar-refractivity contribution is 6.30. The molecule has 1 aliphatic heterocycles. The molecule has 0 radical (unpaired) electrons. The fraction of sp³-hybridized carbons (Fsp3) is 0.333. The molecule has 4 aromatic rings. The van der Waals surface area contributed by atoms with E-state index in [2.05, 4.69) is 14.6 Å². The number of imidazole rings is 1. The Balaban J connectivity index is 1.21. The van der Waals surface area contributed by atoms with Crippen LogP contribution in [0.1, 0.15) is 42.0 Å². The lowest BCUT2D eigenvalue weighted by molar-refractivity contribution is -0.274. The van der Waals surface area contributed by atoms with Gasteiger partial charge in [0, 0.05) is 55.1 Å². The molecular formula is C30H29ClF4N4O2. The topological polar surface area (TPSA) is 50.1 Å². The van der Waals surface area contributed by atoms with Crippen molar-refractivity contribution in [1.29, 1.82) is 0 Å². The smallest absolute Gasteiger partial charge is 0.406 e. The summed E-state index contributed by atoms with van der Waals surface area (Å²) in [7, 11) is 0. The van der Waals surface area contributed by atoms with Gasteiger partial charge in [0.25, 0.3) is 0 Å². The first-order valence-corrected chi connectivity index (χ1v) is 13.8. The maximum atomic E-state index is 15.3. The minimum Gasteiger partial charge on any atom is -0.406 e. The van der Waals surface area contributed by atoms with E-state index in [-0.39, 0.29) is 29.8 Å². The van der Waals surface area contributed by atoms with Gasteiger partial charge in [0.05, 0.1) is 11.4 Å². The third-order valence-electron chi connectivity index (χ3n) is 7.28. The predicted molar refractivity (Wildman–Crippen MR) is 151 cm³/mol. The zero-order valence-corrected chi connectivity index (χ0v) is 23.3. The molecule has 41 heavy (non-hydrogen) atoms. The van der Waals surface area contributed by atoms with Crippen LogP contribution in [-0.4, -0.2) is 47.2 Å². The Labute approximate surface area is 240 Å². The van der Waals surface area contributed by atoms with Gasteiger partial charge >= 0.3 is 6.36 Å². The van der Waals surface area contributed by atoms with Crippen LogP contribution in [0.5, 0.6) is 5.75 Å². The number of anilines is 2. The number of alkyl halides is 3. The number of ether oxygens (including phenoxy) is 1. The first kappa shape index (κ1) is 28.7. The molecule has 5 rings (SSSR count). The summed E-state index contributed by atoms with van der Waals surface area (Å²) in [6.45, 7) is 5.58. The Morgan fingerprint density at radius 2 is 1.85 bits per heavy atom. The molecule has 1 aliphatic rings. The van der Waals surface area contributed by atoms with Crippen LogP contribution >= 0.6 is 11.6 Å². The number of carbonyl (C=O) groups is 1. The fourth-order valence-corrected chi connectivity index (χ4v) is 5.50. The summed E-state index contributed by atoms with van der Waals surface area (Å²) in [6.07, 6.45) is -1.79. The molecule has 6 nitrogen and oxygen atoms in total. The number of pyridine rings is 1. The predicted octanol–water partition coefficient (Wildman–Crippen LogP) is 7.12. The number of rotatable bonds is 8. The first-order chi connectivity index (χ1) is 19.5. The number of hydrogen-bond acceptors (Lipinski definition) is 5. The van der Waals surface area contributed by atoms with Gasteiger partial charge in [0.2, 0.25) is 0 Å². The van der Waals surface area contributed by atoms with Gasteiger partial charge in [0.1, 0.15) is 22.9 Å². The van der Waals surface area contributed by atoms with Crippen LogP contribution in [0.25, 0.3) is 5.65 Å². The van der Waals surface area contributed by atoms with Crippen molar-refractivity contribution in [2.24, 2.45) is 0 Å². The Morgan fingerprint density at radius 1 is 1.10 bits per heavy atom. The standard InChI is InChI=1S/C30H29ClF4N4O2/c1-3-25-29(39-13-12-21(31)17-28(39)36-25)27(40)11-5-20-4-10-26(24(32)16-20)37-14-15-38(19(2)18-37)22-6-8-23(9-7-22)41-30(33,34)35/h4,6-10,12-13,16-17,19H,3,5,11,14-15,18H2,1-2H3/t19-/m1/s1. The van der Waals surface area contributed by atoms with Crippen molar-refractivity contribution in [1.82, 2.24) is 9.38 Å². The molecule has 11 heteroatoms. The molecule has 0 N–H and O–H groups in total. The highest BCUT2D eigenvalue weighted by Gasteiger charge is 2.31. The minimum atomic E-state index is -4.74. The molecular weight excluding hydrogens is 560 g/mol. The van der Waals surface area contributed by atoms with Crippen molar-refractivity contribution in [2.75, 3.05) is 29.4 Å². The second kappa shape index (κ2) is 11.6. The number of hydrogen-bond donors (Lipinski definition) is 0. The van der Waals surface area contributed by atoms with Crippen molar-refractivity contribution in [3.8, 4) is 5.75 Å². The molecule has 3 heterocycles. The number of carbonyl (C=O) groups excluding carboxylic acids is 1. The molecule has 0 amide bonds. The van der Waals surface area contributed by atoms with Gasteiger partial charge in [-0.1, -0.05) is 24.6 Å².